The molecule has 0 aromatic carbocycles. The normalized spacial score (nSPS) is 50.0. The number of β-amino-alcohol motifs (C(OH)–C–C–N with tert-alkyl or cyclic N) is 1. The maximum absolute atomic E-state index is 9.81. The second kappa shape index (κ2) is 7.45. The number of hydrogen-bond donors (Lipinski definition) is 8. The summed E-state index contributed by atoms with van der Waals surface area (Å²) in [6, 6.07) is -0.717. The third-order valence-corrected chi connectivity index (χ3v) is 4.03. The Balaban J connectivity index is 1.90. The van der Waals surface area contributed by atoms with E-state index in [1.807, 2.05) is 0 Å². The summed E-state index contributed by atoms with van der Waals surface area (Å²) < 4.78 is 10.4. The highest BCUT2D eigenvalue weighted by Gasteiger charge is 2.45. The molecule has 9 atom stereocenters. The van der Waals surface area contributed by atoms with Crippen molar-refractivity contribution in [3.8, 4) is 0 Å². The van der Waals surface area contributed by atoms with Gasteiger partial charge in [0.25, 0.3) is 0 Å². The molecule has 0 radical (unpaired) electrons. The Labute approximate surface area is 126 Å². The molecule has 0 unspecified atom stereocenters. The molecule has 0 spiro atoms. The van der Waals surface area contributed by atoms with Crippen molar-refractivity contribution >= 4 is 0 Å². The van der Waals surface area contributed by atoms with Gasteiger partial charge >= 0.3 is 0 Å². The van der Waals surface area contributed by atoms with Gasteiger partial charge in [-0.3, -0.25) is 0 Å². The molecule has 2 heterocycles. The van der Waals surface area contributed by atoms with E-state index in [4.69, 9.17) is 14.6 Å². The van der Waals surface area contributed by atoms with Crippen molar-refractivity contribution in [2.45, 2.75) is 55.1 Å². The Morgan fingerprint density at radius 1 is 0.909 bits per heavy atom. The van der Waals surface area contributed by atoms with Gasteiger partial charge in [-0.1, -0.05) is 0 Å². The number of rotatable bonds is 4. The van der Waals surface area contributed by atoms with Crippen LogP contribution in [-0.2, 0) is 9.47 Å². The predicted octanol–water partition coefficient (Wildman–Crippen LogP) is -5.14. The third-order valence-electron chi connectivity index (χ3n) is 4.03. The summed E-state index contributed by atoms with van der Waals surface area (Å²) in [5, 5.41) is 69.7. The quantitative estimate of drug-likeness (QED) is 0.250. The van der Waals surface area contributed by atoms with Crippen molar-refractivity contribution in [2.24, 2.45) is 0 Å². The van der Waals surface area contributed by atoms with Crippen molar-refractivity contribution in [1.29, 1.82) is 0 Å². The molecule has 0 saturated carbocycles. The van der Waals surface area contributed by atoms with Crippen LogP contribution in [0.4, 0.5) is 0 Å². The summed E-state index contributed by atoms with van der Waals surface area (Å²) in [5.74, 6) is 0. The Hall–Kier alpha value is -0.400. The summed E-state index contributed by atoms with van der Waals surface area (Å²) in [6.45, 7) is -0.700. The van der Waals surface area contributed by atoms with E-state index in [-0.39, 0.29) is 13.2 Å². The predicted molar refractivity (Wildman–Crippen MR) is 69.5 cm³/mol. The first-order chi connectivity index (χ1) is 10.4. The van der Waals surface area contributed by atoms with Gasteiger partial charge in [-0.2, -0.15) is 0 Å². The second-order valence-corrected chi connectivity index (χ2v) is 5.59. The van der Waals surface area contributed by atoms with E-state index in [9.17, 15) is 30.6 Å². The van der Waals surface area contributed by atoms with Gasteiger partial charge in [0.2, 0.25) is 0 Å². The first-order valence-corrected chi connectivity index (χ1v) is 7.06. The van der Waals surface area contributed by atoms with Crippen LogP contribution in [0.5, 0.6) is 0 Å². The summed E-state index contributed by atoms with van der Waals surface area (Å²) >= 11 is 0. The molecule has 22 heavy (non-hydrogen) atoms. The smallest absolute Gasteiger partial charge is 0.186 e. The average molecular weight is 325 g/mol. The lowest BCUT2D eigenvalue weighted by molar-refractivity contribution is -0.303. The number of aliphatic hydroxyl groups excluding tert-OH is 7. The largest absolute Gasteiger partial charge is 0.394 e. The minimum Gasteiger partial charge on any atom is -0.394 e. The van der Waals surface area contributed by atoms with Gasteiger partial charge in [0.1, 0.15) is 30.5 Å². The highest BCUT2D eigenvalue weighted by Crippen LogP contribution is 2.22. The van der Waals surface area contributed by atoms with Crippen LogP contribution in [0.3, 0.4) is 0 Å². The molecule has 2 rings (SSSR count). The second-order valence-electron chi connectivity index (χ2n) is 5.59. The molecule has 130 valence electrons. The van der Waals surface area contributed by atoms with Crippen molar-refractivity contribution in [3.05, 3.63) is 0 Å². The fraction of sp³-hybridized carbons (Fsp3) is 1.00. The van der Waals surface area contributed by atoms with Gasteiger partial charge in [0.15, 0.2) is 6.29 Å². The highest BCUT2D eigenvalue weighted by molar-refractivity contribution is 4.93. The third kappa shape index (κ3) is 3.57. The molecule has 2 aliphatic heterocycles. The van der Waals surface area contributed by atoms with E-state index in [1.54, 1.807) is 0 Å². The van der Waals surface area contributed by atoms with Crippen LogP contribution in [0.2, 0.25) is 0 Å². The maximum Gasteiger partial charge on any atom is 0.186 e. The number of ether oxygens (including phenoxy) is 2. The van der Waals surface area contributed by atoms with E-state index < -0.39 is 61.7 Å². The van der Waals surface area contributed by atoms with Gasteiger partial charge in [-0.05, 0) is 0 Å². The molecule has 2 saturated heterocycles. The fourth-order valence-electron chi connectivity index (χ4n) is 2.54. The van der Waals surface area contributed by atoms with Gasteiger partial charge in [0, 0.05) is 6.54 Å². The summed E-state index contributed by atoms with van der Waals surface area (Å²) in [6.07, 6.45) is -10.7. The van der Waals surface area contributed by atoms with Crippen molar-refractivity contribution < 1.29 is 45.2 Å². The van der Waals surface area contributed by atoms with Crippen LogP contribution in [0, 0.1) is 0 Å². The number of piperidine rings is 1. The van der Waals surface area contributed by atoms with Crippen LogP contribution >= 0.6 is 0 Å². The molecule has 0 aromatic rings. The molecule has 0 aromatic heterocycles. The first kappa shape index (κ1) is 17.9. The molecule has 2 aliphatic rings. The summed E-state index contributed by atoms with van der Waals surface area (Å²) in [4.78, 5) is 0. The fourth-order valence-corrected chi connectivity index (χ4v) is 2.54. The van der Waals surface area contributed by atoms with Crippen LogP contribution in [0.15, 0.2) is 0 Å². The number of aliphatic hydroxyl groups is 7. The molecule has 10 nitrogen and oxygen atoms in total. The summed E-state index contributed by atoms with van der Waals surface area (Å²) in [7, 11) is 0. The molecule has 8 N–H and O–H groups in total. The van der Waals surface area contributed by atoms with Crippen LogP contribution < -0.4 is 5.32 Å². The maximum atomic E-state index is 9.81. The van der Waals surface area contributed by atoms with E-state index in [0.717, 1.165) is 0 Å². The van der Waals surface area contributed by atoms with Gasteiger partial charge in [-0.15, -0.1) is 0 Å². The Morgan fingerprint density at radius 2 is 1.59 bits per heavy atom. The van der Waals surface area contributed by atoms with Crippen molar-refractivity contribution in [3.63, 3.8) is 0 Å². The van der Waals surface area contributed by atoms with E-state index >= 15 is 0 Å². The molecule has 0 aliphatic carbocycles. The van der Waals surface area contributed by atoms with E-state index in [1.165, 1.54) is 0 Å². The number of nitrogens with one attached hydrogen (secondary N) is 1. The zero-order valence-electron chi connectivity index (χ0n) is 11.8. The lowest BCUT2D eigenvalue weighted by atomic mass is 9.96. The lowest BCUT2D eigenvalue weighted by Crippen LogP contribution is -2.63. The topological polar surface area (TPSA) is 172 Å². The Morgan fingerprint density at radius 3 is 2.23 bits per heavy atom. The first-order valence-electron chi connectivity index (χ1n) is 7.06. The molecule has 0 bridgehead atoms. The standard InChI is InChI=1S/C12H23NO9/c14-2-6-9(18)10(19)11(20)12(22-6)21-3-4-7(16)8(17)5(15)1-13-4/h4-20H,1-3H2/t4-,5+,6-,7-,8-,9-,10+,11-,12-/m1/s1. The van der Waals surface area contributed by atoms with Crippen molar-refractivity contribution in [2.75, 3.05) is 19.8 Å². The zero-order chi connectivity index (χ0) is 16.4. The Kier molecular flexibility index (Phi) is 6.07. The van der Waals surface area contributed by atoms with E-state index in [0.29, 0.717) is 0 Å². The molecule has 2 fully saturated rings. The average Bonchev–Trinajstić information content (AvgIpc) is 2.51. The van der Waals surface area contributed by atoms with Crippen molar-refractivity contribution in [1.82, 2.24) is 5.32 Å². The SMILES string of the molecule is OC[C@H]1O[C@@H](OC[C@H]2NC[C@H](O)[C@@H](O)[C@@H]2O)[C@H](O)[C@@H](O)[C@@H]1O. The van der Waals surface area contributed by atoms with Gasteiger partial charge in [-0.25, -0.2) is 0 Å². The molecule has 0 amide bonds. The summed E-state index contributed by atoms with van der Waals surface area (Å²) in [5.41, 5.74) is 0. The monoisotopic (exact) mass is 325 g/mol. The van der Waals surface area contributed by atoms with E-state index in [2.05, 4.69) is 5.32 Å². The lowest BCUT2D eigenvalue weighted by Gasteiger charge is -2.41. The molecular formula is C12H23NO9. The highest BCUT2D eigenvalue weighted by atomic mass is 16.7. The minimum atomic E-state index is -1.55. The molecular weight excluding hydrogens is 302 g/mol. The van der Waals surface area contributed by atoms with Gasteiger partial charge in [0.05, 0.1) is 31.5 Å². The van der Waals surface area contributed by atoms with Crippen LogP contribution in [0.1, 0.15) is 0 Å². The van der Waals surface area contributed by atoms with Crippen LogP contribution in [0.25, 0.3) is 0 Å². The zero-order valence-corrected chi connectivity index (χ0v) is 11.8. The Bertz CT molecular complexity index is 357. The molecule has 10 heteroatoms. The van der Waals surface area contributed by atoms with Crippen LogP contribution in [-0.4, -0.2) is 111 Å². The number of hydrogen-bond acceptors (Lipinski definition) is 10. The minimum absolute atomic E-state index is 0.0565. The van der Waals surface area contributed by atoms with Gasteiger partial charge < -0.3 is 50.5 Å².